The van der Waals surface area contributed by atoms with Crippen LogP contribution in [0.15, 0.2) is 65.3 Å². The highest BCUT2D eigenvalue weighted by Crippen LogP contribution is 2.32. The standard InChI is InChI=1S/C21H15BrN4O3/c22-16-4-2-14(3-5-16)20-25-24-19-10-15(7-8-26(19)20)21(27)23-11-13-1-6-17-18(9-13)29-12-28-17/h1-10H,11-12H2,(H,23,27). The summed E-state index contributed by atoms with van der Waals surface area (Å²) in [5.41, 5.74) is 3.01. The molecule has 0 saturated carbocycles. The minimum atomic E-state index is -0.182. The van der Waals surface area contributed by atoms with Crippen molar-refractivity contribution < 1.29 is 14.3 Å². The van der Waals surface area contributed by atoms with Gasteiger partial charge in [0.2, 0.25) is 6.79 Å². The van der Waals surface area contributed by atoms with Crippen molar-refractivity contribution in [1.82, 2.24) is 19.9 Å². The van der Waals surface area contributed by atoms with Gasteiger partial charge >= 0.3 is 0 Å². The molecule has 5 rings (SSSR count). The second-order valence-corrected chi connectivity index (χ2v) is 7.46. The monoisotopic (exact) mass is 450 g/mol. The molecule has 29 heavy (non-hydrogen) atoms. The van der Waals surface area contributed by atoms with E-state index < -0.39 is 0 Å². The van der Waals surface area contributed by atoms with Crippen LogP contribution in [0.25, 0.3) is 17.0 Å². The summed E-state index contributed by atoms with van der Waals surface area (Å²) in [7, 11) is 0. The molecule has 0 bridgehead atoms. The van der Waals surface area contributed by atoms with Crippen LogP contribution in [0.2, 0.25) is 0 Å². The predicted molar refractivity (Wildman–Crippen MR) is 110 cm³/mol. The van der Waals surface area contributed by atoms with Crippen LogP contribution in [-0.2, 0) is 6.54 Å². The number of amides is 1. The molecule has 8 heteroatoms. The lowest BCUT2D eigenvalue weighted by Crippen LogP contribution is -2.22. The van der Waals surface area contributed by atoms with Crippen molar-refractivity contribution in [2.75, 3.05) is 6.79 Å². The first-order chi connectivity index (χ1) is 14.2. The van der Waals surface area contributed by atoms with Crippen LogP contribution >= 0.6 is 15.9 Å². The van der Waals surface area contributed by atoms with Gasteiger partial charge in [0, 0.05) is 28.3 Å². The molecule has 2 aromatic heterocycles. The summed E-state index contributed by atoms with van der Waals surface area (Å²) in [5, 5.41) is 11.4. The van der Waals surface area contributed by atoms with Gasteiger partial charge in [0.1, 0.15) is 0 Å². The molecule has 0 aliphatic carbocycles. The minimum absolute atomic E-state index is 0.182. The van der Waals surface area contributed by atoms with Gasteiger partial charge in [-0.25, -0.2) is 0 Å². The van der Waals surface area contributed by atoms with Crippen molar-refractivity contribution in [2.24, 2.45) is 0 Å². The van der Waals surface area contributed by atoms with Gasteiger partial charge in [-0.1, -0.05) is 34.1 Å². The number of carbonyl (C=O) groups excluding carboxylic acids is 1. The Kier molecular flexibility index (Phi) is 4.40. The number of benzene rings is 2. The van der Waals surface area contributed by atoms with Gasteiger partial charge in [0.25, 0.3) is 5.91 Å². The summed E-state index contributed by atoms with van der Waals surface area (Å²) in [6.07, 6.45) is 1.81. The Balaban J connectivity index is 1.33. The first-order valence-corrected chi connectivity index (χ1v) is 9.74. The van der Waals surface area contributed by atoms with E-state index >= 15 is 0 Å². The molecule has 2 aromatic carbocycles. The molecule has 0 saturated heterocycles. The average molecular weight is 451 g/mol. The number of fused-ring (bicyclic) bond motifs is 2. The van der Waals surface area contributed by atoms with Crippen molar-refractivity contribution in [2.45, 2.75) is 6.54 Å². The Hall–Kier alpha value is -3.39. The van der Waals surface area contributed by atoms with Crippen molar-refractivity contribution in [3.8, 4) is 22.9 Å². The number of rotatable bonds is 4. The Bertz CT molecular complexity index is 1220. The van der Waals surface area contributed by atoms with Crippen LogP contribution in [-0.4, -0.2) is 27.3 Å². The fourth-order valence-electron chi connectivity index (χ4n) is 3.16. The van der Waals surface area contributed by atoms with Crippen LogP contribution < -0.4 is 14.8 Å². The van der Waals surface area contributed by atoms with E-state index in [2.05, 4.69) is 31.4 Å². The molecule has 1 aliphatic heterocycles. The predicted octanol–water partition coefficient (Wildman–Crippen LogP) is 3.82. The summed E-state index contributed by atoms with van der Waals surface area (Å²) in [4.78, 5) is 12.6. The Morgan fingerprint density at radius 3 is 2.72 bits per heavy atom. The van der Waals surface area contributed by atoms with E-state index in [1.807, 2.05) is 53.1 Å². The summed E-state index contributed by atoms with van der Waals surface area (Å²) in [6.45, 7) is 0.614. The van der Waals surface area contributed by atoms with Gasteiger partial charge < -0.3 is 14.8 Å². The number of halogens is 1. The fraction of sp³-hybridized carbons (Fsp3) is 0.0952. The van der Waals surface area contributed by atoms with Gasteiger partial charge in [-0.3, -0.25) is 9.20 Å². The highest BCUT2D eigenvalue weighted by molar-refractivity contribution is 9.10. The third-order valence-corrected chi connectivity index (χ3v) is 5.19. The molecule has 1 amide bonds. The molecule has 1 aliphatic rings. The van der Waals surface area contributed by atoms with Crippen LogP contribution in [0.4, 0.5) is 0 Å². The second kappa shape index (κ2) is 7.21. The molecule has 4 aromatic rings. The highest BCUT2D eigenvalue weighted by Gasteiger charge is 2.15. The van der Waals surface area contributed by atoms with Crippen LogP contribution in [0.5, 0.6) is 11.5 Å². The maximum atomic E-state index is 12.6. The van der Waals surface area contributed by atoms with E-state index in [1.54, 1.807) is 12.1 Å². The number of hydrogen-bond donors (Lipinski definition) is 1. The molecule has 7 nitrogen and oxygen atoms in total. The summed E-state index contributed by atoms with van der Waals surface area (Å²) < 4.78 is 13.5. The van der Waals surface area contributed by atoms with Gasteiger partial charge in [-0.2, -0.15) is 0 Å². The highest BCUT2D eigenvalue weighted by atomic mass is 79.9. The molecular formula is C21H15BrN4O3. The quantitative estimate of drug-likeness (QED) is 0.511. The van der Waals surface area contributed by atoms with E-state index in [4.69, 9.17) is 9.47 Å². The van der Waals surface area contributed by atoms with Crippen molar-refractivity contribution in [1.29, 1.82) is 0 Å². The summed E-state index contributed by atoms with van der Waals surface area (Å²) in [6, 6.07) is 16.9. The number of pyridine rings is 1. The molecule has 0 radical (unpaired) electrons. The maximum Gasteiger partial charge on any atom is 0.251 e. The molecule has 0 spiro atoms. The summed E-state index contributed by atoms with van der Waals surface area (Å²) in [5.74, 6) is 1.96. The van der Waals surface area contributed by atoms with Crippen LogP contribution in [0, 0.1) is 0 Å². The van der Waals surface area contributed by atoms with Gasteiger partial charge in [0.05, 0.1) is 0 Å². The first kappa shape index (κ1) is 17.7. The largest absolute Gasteiger partial charge is 0.454 e. The van der Waals surface area contributed by atoms with E-state index in [0.717, 1.165) is 27.2 Å². The fourth-order valence-corrected chi connectivity index (χ4v) is 3.43. The first-order valence-electron chi connectivity index (χ1n) is 8.95. The molecule has 0 fully saturated rings. The number of carbonyl (C=O) groups is 1. The molecule has 0 unspecified atom stereocenters. The van der Waals surface area contributed by atoms with E-state index in [1.165, 1.54) is 0 Å². The van der Waals surface area contributed by atoms with E-state index in [9.17, 15) is 4.79 Å². The van der Waals surface area contributed by atoms with Crippen molar-refractivity contribution in [3.63, 3.8) is 0 Å². The zero-order chi connectivity index (χ0) is 19.8. The van der Waals surface area contributed by atoms with Gasteiger partial charge in [-0.05, 0) is 42.0 Å². The summed E-state index contributed by atoms with van der Waals surface area (Å²) >= 11 is 3.43. The Labute approximate surface area is 174 Å². The number of hydrogen-bond acceptors (Lipinski definition) is 5. The smallest absolute Gasteiger partial charge is 0.251 e. The topological polar surface area (TPSA) is 77.8 Å². The van der Waals surface area contributed by atoms with E-state index in [-0.39, 0.29) is 12.7 Å². The third-order valence-electron chi connectivity index (χ3n) is 4.66. The lowest BCUT2D eigenvalue weighted by Gasteiger charge is -2.07. The molecule has 3 heterocycles. The molecule has 144 valence electrons. The number of nitrogens with one attached hydrogen (secondary N) is 1. The third kappa shape index (κ3) is 3.42. The molecule has 1 N–H and O–H groups in total. The average Bonchev–Trinajstić information content (AvgIpc) is 3.38. The Morgan fingerprint density at radius 2 is 1.86 bits per heavy atom. The lowest BCUT2D eigenvalue weighted by atomic mass is 10.2. The Morgan fingerprint density at radius 1 is 1.03 bits per heavy atom. The molecule has 0 atom stereocenters. The minimum Gasteiger partial charge on any atom is -0.454 e. The van der Waals surface area contributed by atoms with Crippen molar-refractivity contribution in [3.05, 3.63) is 76.4 Å². The SMILES string of the molecule is O=C(NCc1ccc2c(c1)OCO2)c1ccn2c(-c3ccc(Br)cc3)nnc2c1. The lowest BCUT2D eigenvalue weighted by molar-refractivity contribution is 0.0951. The zero-order valence-electron chi connectivity index (χ0n) is 15.1. The van der Waals surface area contributed by atoms with Gasteiger partial charge in [0.15, 0.2) is 23.0 Å². The maximum absolute atomic E-state index is 12.6. The van der Waals surface area contributed by atoms with Crippen molar-refractivity contribution >= 4 is 27.5 Å². The van der Waals surface area contributed by atoms with Crippen LogP contribution in [0.3, 0.4) is 0 Å². The normalized spacial score (nSPS) is 12.3. The second-order valence-electron chi connectivity index (χ2n) is 6.54. The molecular weight excluding hydrogens is 436 g/mol. The van der Waals surface area contributed by atoms with Gasteiger partial charge in [-0.15, -0.1) is 10.2 Å². The van der Waals surface area contributed by atoms with Crippen LogP contribution in [0.1, 0.15) is 15.9 Å². The number of ether oxygens (including phenoxy) is 2. The number of nitrogens with zero attached hydrogens (tertiary/aromatic N) is 3. The zero-order valence-corrected chi connectivity index (χ0v) is 16.7. The van der Waals surface area contributed by atoms with E-state index in [0.29, 0.717) is 23.5 Å². The number of aromatic nitrogens is 3.